The largest absolute Gasteiger partial charge is 0.497 e. The monoisotopic (exact) mass is 301 g/mol. The van der Waals surface area contributed by atoms with Gasteiger partial charge >= 0.3 is 0 Å². The second-order valence-electron chi connectivity index (χ2n) is 5.05. The molecule has 1 aliphatic heterocycles. The molecule has 2 aromatic rings. The lowest BCUT2D eigenvalue weighted by Gasteiger charge is -2.14. The molecule has 0 radical (unpaired) electrons. The maximum atomic E-state index is 5.16. The lowest BCUT2D eigenvalue weighted by atomic mass is 10.3. The van der Waals surface area contributed by atoms with Gasteiger partial charge in [0.05, 0.1) is 7.11 Å². The minimum Gasteiger partial charge on any atom is -0.497 e. The van der Waals surface area contributed by atoms with E-state index in [1.54, 1.807) is 18.9 Å². The van der Waals surface area contributed by atoms with Crippen LogP contribution in [0.25, 0.3) is 0 Å². The van der Waals surface area contributed by atoms with Gasteiger partial charge in [-0.3, -0.25) is 0 Å². The number of ether oxygens (including phenoxy) is 1. The third-order valence-electron chi connectivity index (χ3n) is 3.55. The average molecular weight is 301 g/mol. The van der Waals surface area contributed by atoms with Crippen LogP contribution in [0.4, 0.5) is 5.95 Å². The van der Waals surface area contributed by atoms with Crippen LogP contribution in [-0.4, -0.2) is 30.2 Å². The summed E-state index contributed by atoms with van der Waals surface area (Å²) in [6, 6.07) is 8.11. The molecule has 1 aliphatic rings. The van der Waals surface area contributed by atoms with Crippen molar-refractivity contribution in [1.29, 1.82) is 0 Å². The molecule has 0 bridgehead atoms. The van der Waals surface area contributed by atoms with Gasteiger partial charge in [0.2, 0.25) is 5.95 Å². The van der Waals surface area contributed by atoms with Gasteiger partial charge < -0.3 is 9.64 Å². The third-order valence-corrected chi connectivity index (χ3v) is 4.63. The van der Waals surface area contributed by atoms with Crippen molar-refractivity contribution in [2.75, 3.05) is 25.1 Å². The zero-order chi connectivity index (χ0) is 14.5. The molecule has 1 aromatic heterocycles. The minimum absolute atomic E-state index is 0.866. The fourth-order valence-corrected chi connectivity index (χ4v) is 3.15. The van der Waals surface area contributed by atoms with E-state index in [0.717, 1.165) is 36.1 Å². The summed E-state index contributed by atoms with van der Waals surface area (Å²) in [7, 11) is 1.68. The summed E-state index contributed by atoms with van der Waals surface area (Å²) >= 11 is 1.78. The molecule has 0 saturated carbocycles. The van der Waals surface area contributed by atoms with Crippen molar-refractivity contribution < 1.29 is 4.74 Å². The fourth-order valence-electron chi connectivity index (χ4n) is 2.34. The normalized spacial score (nSPS) is 14.4. The molecule has 110 valence electrons. The molecule has 3 rings (SSSR count). The van der Waals surface area contributed by atoms with Crippen LogP contribution in [0.2, 0.25) is 0 Å². The van der Waals surface area contributed by atoms with E-state index in [-0.39, 0.29) is 0 Å². The van der Waals surface area contributed by atoms with Crippen molar-refractivity contribution in [3.05, 3.63) is 42.2 Å². The van der Waals surface area contributed by atoms with E-state index in [4.69, 9.17) is 4.74 Å². The molecule has 0 amide bonds. The molecule has 21 heavy (non-hydrogen) atoms. The predicted molar refractivity (Wildman–Crippen MR) is 86.0 cm³/mol. The first-order valence-corrected chi connectivity index (χ1v) is 8.16. The number of methoxy groups -OCH3 is 1. The standard InChI is InChI=1S/C16H19N3OS/c1-20-14-4-6-15(7-5-14)21-12-13-10-17-16(18-11-13)19-8-2-3-9-19/h4-7,10-11H,2-3,8-9,12H2,1H3. The van der Waals surface area contributed by atoms with Gasteiger partial charge in [-0.1, -0.05) is 0 Å². The molecule has 1 fully saturated rings. The number of benzene rings is 1. The van der Waals surface area contributed by atoms with Crippen LogP contribution in [0.15, 0.2) is 41.6 Å². The van der Waals surface area contributed by atoms with Crippen LogP contribution in [0, 0.1) is 0 Å². The number of rotatable bonds is 5. The van der Waals surface area contributed by atoms with E-state index in [9.17, 15) is 0 Å². The Kier molecular flexibility index (Phi) is 4.60. The van der Waals surface area contributed by atoms with E-state index in [2.05, 4.69) is 27.0 Å². The summed E-state index contributed by atoms with van der Waals surface area (Å²) in [5.74, 6) is 2.63. The molecule has 2 heterocycles. The van der Waals surface area contributed by atoms with Gasteiger partial charge in [-0.25, -0.2) is 9.97 Å². The van der Waals surface area contributed by atoms with Crippen LogP contribution >= 0.6 is 11.8 Å². The SMILES string of the molecule is COc1ccc(SCc2cnc(N3CCCC3)nc2)cc1. The lowest BCUT2D eigenvalue weighted by Crippen LogP contribution is -2.20. The first-order chi connectivity index (χ1) is 10.3. The maximum Gasteiger partial charge on any atom is 0.225 e. The summed E-state index contributed by atoms with van der Waals surface area (Å²) in [5, 5.41) is 0. The van der Waals surface area contributed by atoms with E-state index in [1.807, 2.05) is 24.5 Å². The van der Waals surface area contributed by atoms with Crippen LogP contribution in [0.5, 0.6) is 5.75 Å². The van der Waals surface area contributed by atoms with Gasteiger partial charge in [0.1, 0.15) is 5.75 Å². The Bertz CT molecular complexity index is 565. The van der Waals surface area contributed by atoms with Gasteiger partial charge in [0, 0.05) is 36.1 Å². The highest BCUT2D eigenvalue weighted by atomic mass is 32.2. The van der Waals surface area contributed by atoms with Crippen molar-refractivity contribution in [3.63, 3.8) is 0 Å². The molecule has 0 atom stereocenters. The van der Waals surface area contributed by atoms with Crippen LogP contribution in [-0.2, 0) is 5.75 Å². The summed E-state index contributed by atoms with van der Waals surface area (Å²) in [4.78, 5) is 12.4. The van der Waals surface area contributed by atoms with Gasteiger partial charge in [0.25, 0.3) is 0 Å². The molecule has 1 aromatic carbocycles. The highest BCUT2D eigenvalue weighted by Crippen LogP contribution is 2.25. The highest BCUT2D eigenvalue weighted by molar-refractivity contribution is 7.98. The van der Waals surface area contributed by atoms with Crippen LogP contribution in [0.1, 0.15) is 18.4 Å². The summed E-state index contributed by atoms with van der Waals surface area (Å²) in [6.07, 6.45) is 6.38. The Morgan fingerprint density at radius 2 is 1.76 bits per heavy atom. The molecule has 1 saturated heterocycles. The Morgan fingerprint density at radius 3 is 2.38 bits per heavy atom. The zero-order valence-electron chi connectivity index (χ0n) is 12.2. The van der Waals surface area contributed by atoms with Gasteiger partial charge in [-0.2, -0.15) is 0 Å². The number of aromatic nitrogens is 2. The first kappa shape index (κ1) is 14.2. The molecule has 0 aliphatic carbocycles. The first-order valence-electron chi connectivity index (χ1n) is 7.18. The van der Waals surface area contributed by atoms with E-state index in [1.165, 1.54) is 17.7 Å². The number of anilines is 1. The second-order valence-corrected chi connectivity index (χ2v) is 6.10. The summed E-state index contributed by atoms with van der Waals surface area (Å²) in [6.45, 7) is 2.17. The smallest absolute Gasteiger partial charge is 0.225 e. The molecule has 0 N–H and O–H groups in total. The van der Waals surface area contributed by atoms with Crippen molar-refractivity contribution in [3.8, 4) is 5.75 Å². The molecule has 4 nitrogen and oxygen atoms in total. The average Bonchev–Trinajstić information content (AvgIpc) is 3.08. The topological polar surface area (TPSA) is 38.2 Å². The van der Waals surface area contributed by atoms with Gasteiger partial charge in [-0.15, -0.1) is 11.8 Å². The lowest BCUT2D eigenvalue weighted by molar-refractivity contribution is 0.414. The van der Waals surface area contributed by atoms with Crippen molar-refractivity contribution in [1.82, 2.24) is 9.97 Å². The zero-order valence-corrected chi connectivity index (χ0v) is 13.0. The van der Waals surface area contributed by atoms with Crippen LogP contribution in [0.3, 0.4) is 0 Å². The van der Waals surface area contributed by atoms with E-state index >= 15 is 0 Å². The van der Waals surface area contributed by atoms with Crippen molar-refractivity contribution in [2.45, 2.75) is 23.5 Å². The summed E-state index contributed by atoms with van der Waals surface area (Å²) in [5.41, 5.74) is 1.15. The highest BCUT2D eigenvalue weighted by Gasteiger charge is 2.14. The number of thioether (sulfide) groups is 1. The fraction of sp³-hybridized carbons (Fsp3) is 0.375. The maximum absolute atomic E-state index is 5.16. The number of nitrogens with zero attached hydrogens (tertiary/aromatic N) is 3. The number of hydrogen-bond acceptors (Lipinski definition) is 5. The quantitative estimate of drug-likeness (QED) is 0.792. The van der Waals surface area contributed by atoms with E-state index < -0.39 is 0 Å². The number of hydrogen-bond donors (Lipinski definition) is 0. The van der Waals surface area contributed by atoms with Gasteiger partial charge in [-0.05, 0) is 42.7 Å². The van der Waals surface area contributed by atoms with Gasteiger partial charge in [0.15, 0.2) is 0 Å². The third kappa shape index (κ3) is 3.67. The van der Waals surface area contributed by atoms with Crippen molar-refractivity contribution in [2.24, 2.45) is 0 Å². The second kappa shape index (κ2) is 6.80. The Morgan fingerprint density at radius 1 is 1.10 bits per heavy atom. The Labute approximate surface area is 129 Å². The molecule has 0 spiro atoms. The minimum atomic E-state index is 0.866. The van der Waals surface area contributed by atoms with Crippen molar-refractivity contribution >= 4 is 17.7 Å². The molecular formula is C16H19N3OS. The molecular weight excluding hydrogens is 282 g/mol. The molecule has 0 unspecified atom stereocenters. The Balaban J connectivity index is 1.57. The Hall–Kier alpha value is -1.75. The summed E-state index contributed by atoms with van der Waals surface area (Å²) < 4.78 is 5.16. The molecule has 5 heteroatoms. The predicted octanol–water partition coefficient (Wildman–Crippen LogP) is 3.38. The van der Waals surface area contributed by atoms with E-state index in [0.29, 0.717) is 0 Å². The van der Waals surface area contributed by atoms with Crippen LogP contribution < -0.4 is 9.64 Å².